The molecule has 1 aliphatic carbocycles. The number of hydrogen-bond acceptors (Lipinski definition) is 7. The minimum absolute atomic E-state index is 0.00473. The summed E-state index contributed by atoms with van der Waals surface area (Å²) in [5, 5.41) is 18.4. The second-order valence-corrected chi connectivity index (χ2v) is 11.0. The molecule has 2 fully saturated rings. The number of alkyl halides is 3. The monoisotopic (exact) mass is 590 g/mol. The van der Waals surface area contributed by atoms with Gasteiger partial charge in [-0.3, -0.25) is 4.79 Å². The van der Waals surface area contributed by atoms with Crippen LogP contribution in [0.3, 0.4) is 0 Å². The molecular formula is C29H37F3N6O4. The number of amides is 1. The maximum absolute atomic E-state index is 14.1. The Morgan fingerprint density at radius 2 is 2.02 bits per heavy atom. The molecule has 42 heavy (non-hydrogen) atoms. The summed E-state index contributed by atoms with van der Waals surface area (Å²) in [5.41, 5.74) is -0.360. The van der Waals surface area contributed by atoms with Gasteiger partial charge in [0.1, 0.15) is 5.60 Å². The normalized spacial score (nSPS) is 23.2. The number of methoxy groups -OCH3 is 1. The van der Waals surface area contributed by atoms with E-state index in [-0.39, 0.29) is 37.1 Å². The van der Waals surface area contributed by atoms with Gasteiger partial charge in [-0.25, -0.2) is 9.67 Å². The molecule has 1 saturated carbocycles. The van der Waals surface area contributed by atoms with Gasteiger partial charge in [-0.1, -0.05) is 43.2 Å². The van der Waals surface area contributed by atoms with Crippen LogP contribution < -0.4 is 10.1 Å². The topological polar surface area (TPSA) is 107 Å². The third-order valence-electron chi connectivity index (χ3n) is 8.17. The molecule has 3 aromatic rings. The van der Waals surface area contributed by atoms with Crippen molar-refractivity contribution < 1.29 is 32.5 Å². The van der Waals surface area contributed by atoms with Gasteiger partial charge in [0, 0.05) is 57.9 Å². The lowest BCUT2D eigenvalue weighted by molar-refractivity contribution is -0.141. The zero-order valence-electron chi connectivity index (χ0n) is 23.8. The first kappa shape index (κ1) is 30.1. The number of nitrogens with zero attached hydrogens (tertiary/aromatic N) is 5. The Morgan fingerprint density at radius 3 is 2.74 bits per heavy atom. The molecule has 228 valence electrons. The largest absolute Gasteiger partial charge is 0.478 e. The SMILES string of the molecule is COC[C@]1(O)CCCC[C@H]1n1cnc(C(=O)N2CCNC[C@H]2CCOc2cc(C(F)(F)F)nn2C)c1-c1ccccc1. The van der Waals surface area contributed by atoms with Crippen LogP contribution in [0.15, 0.2) is 42.7 Å². The molecule has 10 nitrogen and oxygen atoms in total. The van der Waals surface area contributed by atoms with Gasteiger partial charge in [0.25, 0.3) is 5.91 Å². The summed E-state index contributed by atoms with van der Waals surface area (Å²) in [6, 6.07) is 9.84. The Morgan fingerprint density at radius 1 is 1.24 bits per heavy atom. The Hall–Kier alpha value is -3.42. The van der Waals surface area contributed by atoms with Crippen molar-refractivity contribution in [2.45, 2.75) is 56.0 Å². The first-order chi connectivity index (χ1) is 20.1. The van der Waals surface area contributed by atoms with Crippen LogP contribution in [0.1, 0.15) is 54.3 Å². The molecule has 13 heteroatoms. The highest BCUT2D eigenvalue weighted by molar-refractivity contribution is 5.98. The Bertz CT molecular complexity index is 1360. The number of benzene rings is 1. The lowest BCUT2D eigenvalue weighted by Crippen LogP contribution is -2.54. The molecule has 5 rings (SSSR count). The van der Waals surface area contributed by atoms with Gasteiger partial charge in [0.2, 0.25) is 5.88 Å². The molecular weight excluding hydrogens is 553 g/mol. The maximum atomic E-state index is 14.1. The Balaban J connectivity index is 1.39. The number of nitrogens with one attached hydrogen (secondary N) is 1. The molecule has 1 saturated heterocycles. The van der Waals surface area contributed by atoms with Crippen molar-refractivity contribution in [2.24, 2.45) is 7.05 Å². The van der Waals surface area contributed by atoms with Crippen LogP contribution in [0.4, 0.5) is 13.2 Å². The lowest BCUT2D eigenvalue weighted by Gasteiger charge is -2.41. The number of aryl methyl sites for hydroxylation is 1. The van der Waals surface area contributed by atoms with Crippen molar-refractivity contribution in [3.05, 3.63) is 54.1 Å². The number of rotatable bonds is 9. The highest BCUT2D eigenvalue weighted by atomic mass is 19.4. The Labute approximate surface area is 242 Å². The van der Waals surface area contributed by atoms with Crippen LogP contribution in [0.25, 0.3) is 11.3 Å². The molecule has 0 unspecified atom stereocenters. The van der Waals surface area contributed by atoms with Crippen LogP contribution in [-0.2, 0) is 18.0 Å². The number of imidazole rings is 1. The second-order valence-electron chi connectivity index (χ2n) is 11.0. The summed E-state index contributed by atoms with van der Waals surface area (Å²) in [4.78, 5) is 20.5. The van der Waals surface area contributed by atoms with E-state index in [2.05, 4.69) is 15.4 Å². The Kier molecular flexibility index (Phi) is 8.90. The van der Waals surface area contributed by atoms with Gasteiger partial charge in [0.05, 0.1) is 31.3 Å². The summed E-state index contributed by atoms with van der Waals surface area (Å²) in [5.74, 6) is -0.241. The first-order valence-corrected chi connectivity index (χ1v) is 14.2. The summed E-state index contributed by atoms with van der Waals surface area (Å²) >= 11 is 0. The van der Waals surface area contributed by atoms with E-state index in [1.807, 2.05) is 34.9 Å². The number of halogens is 3. The van der Waals surface area contributed by atoms with E-state index in [1.54, 1.807) is 18.3 Å². The molecule has 0 bridgehead atoms. The molecule has 0 spiro atoms. The summed E-state index contributed by atoms with van der Waals surface area (Å²) < 4.78 is 53.2. The smallest absolute Gasteiger partial charge is 0.435 e. The zero-order chi connectivity index (χ0) is 29.9. The van der Waals surface area contributed by atoms with Gasteiger partial charge in [-0.05, 0) is 12.8 Å². The average molecular weight is 591 g/mol. The predicted octanol–water partition coefficient (Wildman–Crippen LogP) is 3.68. The van der Waals surface area contributed by atoms with Crippen LogP contribution in [0, 0.1) is 0 Å². The van der Waals surface area contributed by atoms with E-state index in [9.17, 15) is 23.1 Å². The van der Waals surface area contributed by atoms with Gasteiger partial charge >= 0.3 is 6.18 Å². The van der Waals surface area contributed by atoms with Crippen molar-refractivity contribution in [1.29, 1.82) is 0 Å². The number of hydrogen-bond donors (Lipinski definition) is 2. The zero-order valence-corrected chi connectivity index (χ0v) is 23.8. The van der Waals surface area contributed by atoms with E-state index in [1.165, 1.54) is 7.05 Å². The van der Waals surface area contributed by atoms with E-state index in [4.69, 9.17) is 9.47 Å². The number of carbonyl (C=O) groups excluding carboxylic acids is 1. The number of ether oxygens (including phenoxy) is 2. The standard InChI is InChI=1S/C29H37F3N6O4/c1-36-24(16-22(35-36)29(30,31)32)42-15-11-21-17-33-13-14-37(21)27(39)25-26(20-8-4-3-5-9-20)38(19-34-25)23-10-6-7-12-28(23,40)18-41-2/h3-5,8-9,16,19,21,23,33,40H,6-7,10-15,17-18H2,1-2H3/t21-,23-,28-/m1/s1. The maximum Gasteiger partial charge on any atom is 0.435 e. The lowest BCUT2D eigenvalue weighted by atomic mass is 9.80. The molecule has 1 aromatic carbocycles. The molecule has 0 radical (unpaired) electrons. The molecule has 2 aliphatic rings. The number of piperazine rings is 1. The van der Waals surface area contributed by atoms with Crippen LogP contribution >= 0.6 is 0 Å². The third kappa shape index (κ3) is 6.18. The van der Waals surface area contributed by atoms with Crippen molar-refractivity contribution in [3.8, 4) is 17.1 Å². The fourth-order valence-corrected chi connectivity index (χ4v) is 6.10. The van der Waals surface area contributed by atoms with Gasteiger partial charge in [-0.15, -0.1) is 0 Å². The predicted molar refractivity (Wildman–Crippen MR) is 148 cm³/mol. The molecule has 1 aliphatic heterocycles. The molecule has 2 aromatic heterocycles. The fourth-order valence-electron chi connectivity index (χ4n) is 6.10. The summed E-state index contributed by atoms with van der Waals surface area (Å²) in [7, 11) is 2.96. The average Bonchev–Trinajstić information content (AvgIpc) is 3.57. The molecule has 3 atom stereocenters. The minimum atomic E-state index is -4.56. The van der Waals surface area contributed by atoms with Crippen molar-refractivity contribution in [3.63, 3.8) is 0 Å². The highest BCUT2D eigenvalue weighted by Crippen LogP contribution is 2.41. The molecule has 2 N–H and O–H groups in total. The van der Waals surface area contributed by atoms with Gasteiger partial charge < -0.3 is 29.4 Å². The van der Waals surface area contributed by atoms with Crippen LogP contribution in [0.2, 0.25) is 0 Å². The first-order valence-electron chi connectivity index (χ1n) is 14.2. The third-order valence-corrected chi connectivity index (χ3v) is 8.17. The van der Waals surface area contributed by atoms with Crippen LogP contribution in [-0.4, -0.2) is 86.8 Å². The quantitative estimate of drug-likeness (QED) is 0.392. The van der Waals surface area contributed by atoms with E-state index >= 15 is 0 Å². The van der Waals surface area contributed by atoms with Gasteiger partial charge in [0.15, 0.2) is 11.4 Å². The van der Waals surface area contributed by atoms with Crippen molar-refractivity contribution >= 4 is 5.91 Å². The van der Waals surface area contributed by atoms with E-state index in [0.717, 1.165) is 35.6 Å². The summed E-state index contributed by atoms with van der Waals surface area (Å²) in [6.45, 7) is 1.81. The van der Waals surface area contributed by atoms with Gasteiger partial charge in [-0.2, -0.15) is 18.3 Å². The molecule has 1 amide bonds. The fraction of sp³-hybridized carbons (Fsp3) is 0.552. The summed E-state index contributed by atoms with van der Waals surface area (Å²) in [6.07, 6.45) is 0.609. The number of carbonyl (C=O) groups is 1. The van der Waals surface area contributed by atoms with Crippen molar-refractivity contribution in [1.82, 2.24) is 29.5 Å². The highest BCUT2D eigenvalue weighted by Gasteiger charge is 2.42. The minimum Gasteiger partial charge on any atom is -0.478 e. The van der Waals surface area contributed by atoms with Crippen molar-refractivity contribution in [2.75, 3.05) is 40.0 Å². The van der Waals surface area contributed by atoms with E-state index < -0.39 is 17.5 Å². The van der Waals surface area contributed by atoms with Crippen LogP contribution in [0.5, 0.6) is 5.88 Å². The number of aromatic nitrogens is 4. The molecule has 3 heterocycles. The number of aliphatic hydroxyl groups is 1. The second kappa shape index (κ2) is 12.4. The van der Waals surface area contributed by atoms with E-state index in [0.29, 0.717) is 43.9 Å².